The molecule has 0 atom stereocenters. The minimum Gasteiger partial charge on any atom is -0.310 e. The third-order valence-corrected chi connectivity index (χ3v) is 24.5. The largest absolute Gasteiger partial charge is 0.310 e. The van der Waals surface area contributed by atoms with Gasteiger partial charge in [-0.25, -0.2) is 0 Å². The van der Waals surface area contributed by atoms with Crippen molar-refractivity contribution >= 4 is 120 Å². The molecule has 2 aliphatic rings. The number of anilines is 6. The second kappa shape index (κ2) is 24.9. The van der Waals surface area contributed by atoms with Crippen LogP contribution >= 0.6 is 22.7 Å². The molecule has 16 aromatic rings. The van der Waals surface area contributed by atoms with E-state index in [0.29, 0.717) is 0 Å². The van der Waals surface area contributed by atoms with Gasteiger partial charge in [-0.1, -0.05) is 332 Å². The predicted octanol–water partition coefficient (Wildman–Crippen LogP) is 27.4. The van der Waals surface area contributed by atoms with Crippen molar-refractivity contribution in [3.05, 3.63) is 320 Å². The Morgan fingerprint density at radius 1 is 0.238 bits per heavy atom. The Morgan fingerprint density at radius 3 is 0.914 bits per heavy atom. The summed E-state index contributed by atoms with van der Waals surface area (Å²) < 4.78 is 5.17. The van der Waals surface area contributed by atoms with E-state index in [2.05, 4.69) is 390 Å². The third-order valence-electron chi connectivity index (χ3n) is 22.3. The van der Waals surface area contributed by atoms with Gasteiger partial charge in [0.2, 0.25) is 0 Å². The van der Waals surface area contributed by atoms with Crippen molar-refractivity contribution in [2.45, 2.75) is 105 Å². The van der Waals surface area contributed by atoms with E-state index >= 15 is 0 Å². The van der Waals surface area contributed by atoms with Crippen molar-refractivity contribution in [2.24, 2.45) is 0 Å². The molecule has 510 valence electrons. The number of benzene rings is 14. The first-order chi connectivity index (χ1) is 50.6. The fourth-order valence-electron chi connectivity index (χ4n) is 16.8. The molecule has 105 heavy (non-hydrogen) atoms. The molecule has 5 heteroatoms. The van der Waals surface area contributed by atoms with E-state index in [1.54, 1.807) is 0 Å². The van der Waals surface area contributed by atoms with Gasteiger partial charge in [-0.05, 0) is 164 Å². The molecular formula is C100H85BN2S2. The van der Waals surface area contributed by atoms with Gasteiger partial charge in [0.25, 0.3) is 6.71 Å². The number of hydrogen-bond acceptors (Lipinski definition) is 4. The minimum atomic E-state index is -0.276. The van der Waals surface area contributed by atoms with Crippen LogP contribution in [0.2, 0.25) is 0 Å². The maximum atomic E-state index is 2.73. The molecule has 0 unspecified atom stereocenters. The molecular weight excluding hydrogens is 1300 g/mol. The summed E-state index contributed by atoms with van der Waals surface area (Å²) in [5.41, 5.74) is 31.9. The first kappa shape index (κ1) is 66.2. The van der Waals surface area contributed by atoms with Crippen molar-refractivity contribution in [3.8, 4) is 77.9 Å². The van der Waals surface area contributed by atoms with Gasteiger partial charge in [-0.15, -0.1) is 22.7 Å². The summed E-state index contributed by atoms with van der Waals surface area (Å²) >= 11 is 3.77. The Bertz CT molecular complexity index is 5670. The van der Waals surface area contributed by atoms with Crippen LogP contribution in [0.5, 0.6) is 0 Å². The van der Waals surface area contributed by atoms with E-state index in [1.165, 1.54) is 123 Å². The molecule has 0 saturated carbocycles. The first-order valence-electron chi connectivity index (χ1n) is 37.2. The highest BCUT2D eigenvalue weighted by Crippen LogP contribution is 2.56. The van der Waals surface area contributed by atoms with E-state index in [1.807, 2.05) is 22.7 Å². The van der Waals surface area contributed by atoms with Crippen molar-refractivity contribution in [2.75, 3.05) is 9.80 Å². The van der Waals surface area contributed by atoms with Gasteiger partial charge in [0.1, 0.15) is 0 Å². The molecule has 0 bridgehead atoms. The fourth-order valence-corrected chi connectivity index (χ4v) is 19.0. The zero-order chi connectivity index (χ0) is 72.0. The second-order valence-electron chi connectivity index (χ2n) is 33.2. The highest BCUT2D eigenvalue weighted by molar-refractivity contribution is 7.26. The van der Waals surface area contributed by atoms with Crippen molar-refractivity contribution in [1.82, 2.24) is 0 Å². The topological polar surface area (TPSA) is 6.48 Å². The average Bonchev–Trinajstić information content (AvgIpc) is 1.11. The lowest BCUT2D eigenvalue weighted by Crippen LogP contribution is -2.61. The molecule has 14 aromatic carbocycles. The van der Waals surface area contributed by atoms with Crippen LogP contribution in [0.25, 0.3) is 118 Å². The van der Waals surface area contributed by atoms with Crippen LogP contribution in [-0.2, 0) is 21.7 Å². The van der Waals surface area contributed by atoms with Crippen molar-refractivity contribution in [1.29, 1.82) is 0 Å². The smallest absolute Gasteiger partial charge is 0.252 e. The molecule has 2 nitrogen and oxygen atoms in total. The highest BCUT2D eigenvalue weighted by atomic mass is 32.1. The van der Waals surface area contributed by atoms with Gasteiger partial charge < -0.3 is 9.80 Å². The first-order valence-corrected chi connectivity index (χ1v) is 38.9. The summed E-state index contributed by atoms with van der Waals surface area (Å²) in [6.45, 7) is 27.8. The minimum absolute atomic E-state index is 0.106. The van der Waals surface area contributed by atoms with Gasteiger partial charge in [0, 0.05) is 85.3 Å². The lowest BCUT2D eigenvalue weighted by molar-refractivity contribution is 0.590. The van der Waals surface area contributed by atoms with E-state index in [0.717, 1.165) is 67.5 Å². The van der Waals surface area contributed by atoms with Crippen LogP contribution in [0, 0.1) is 0 Å². The van der Waals surface area contributed by atoms with E-state index in [9.17, 15) is 0 Å². The van der Waals surface area contributed by atoms with Gasteiger partial charge >= 0.3 is 0 Å². The average molecular weight is 1390 g/mol. The molecule has 2 aliphatic heterocycles. The summed E-state index contributed by atoms with van der Waals surface area (Å²) in [7, 11) is 0. The quantitative estimate of drug-likeness (QED) is 0.133. The molecule has 0 spiro atoms. The number of fused-ring (bicyclic) bond motifs is 10. The van der Waals surface area contributed by atoms with Crippen molar-refractivity contribution in [3.63, 3.8) is 0 Å². The molecule has 4 heterocycles. The number of nitrogens with zero attached hydrogens (tertiary/aromatic N) is 2. The summed E-state index contributed by atoms with van der Waals surface area (Å²) in [4.78, 5) is 5.47. The Morgan fingerprint density at radius 2 is 0.543 bits per heavy atom. The van der Waals surface area contributed by atoms with Gasteiger partial charge in [0.05, 0.1) is 11.4 Å². The predicted molar refractivity (Wildman–Crippen MR) is 459 cm³/mol. The van der Waals surface area contributed by atoms with E-state index < -0.39 is 0 Å². The summed E-state index contributed by atoms with van der Waals surface area (Å²) in [6.07, 6.45) is 0. The molecule has 0 saturated heterocycles. The summed E-state index contributed by atoms with van der Waals surface area (Å²) in [6, 6.07) is 115. The molecule has 2 aromatic heterocycles. The normalized spacial score (nSPS) is 13.1. The Balaban J connectivity index is 1.03. The maximum Gasteiger partial charge on any atom is 0.252 e. The highest BCUT2D eigenvalue weighted by Gasteiger charge is 2.46. The standard InChI is InChI=1S/C100H85BN2S2/c1-97(2,3)70-34-20-30-63(54-70)76-42-24-43-77(64-31-21-35-71(55-64)98(4,5)6)95(76)102-84-52-50-67(74-40-26-48-90-92(74)80-38-16-18-46-88(80)104-90)58-82(84)101-83-59-68(75-41-27-49-91-93(75)81-39-17-19-47-89(81)105-91)51-53-85(83)103(87-61-69(60-86(102)94(87)101)62-28-14-13-15-29-62)96-78(65-32-22-36-72(56-65)99(7,8)9)44-25-45-79(96)66-33-23-37-73(57-66)100(10,11)12/h13-61H,1-12H3. The maximum absolute atomic E-state index is 2.73. The molecule has 0 radical (unpaired) electrons. The van der Waals surface area contributed by atoms with Gasteiger partial charge in [-0.3, -0.25) is 0 Å². The molecule has 0 fully saturated rings. The lowest BCUT2D eigenvalue weighted by atomic mass is 9.33. The zero-order valence-corrected chi connectivity index (χ0v) is 63.7. The number of para-hydroxylation sites is 2. The van der Waals surface area contributed by atoms with Crippen LogP contribution in [0.1, 0.15) is 105 Å². The number of hydrogen-bond donors (Lipinski definition) is 0. The van der Waals surface area contributed by atoms with Crippen LogP contribution in [0.3, 0.4) is 0 Å². The monoisotopic (exact) mass is 1390 g/mol. The summed E-state index contributed by atoms with van der Waals surface area (Å²) in [5, 5.41) is 5.17. The number of rotatable bonds is 9. The van der Waals surface area contributed by atoms with E-state index in [4.69, 9.17) is 0 Å². The van der Waals surface area contributed by atoms with Crippen LogP contribution in [0.4, 0.5) is 34.1 Å². The fraction of sp³-hybridized carbons (Fsp3) is 0.160. The SMILES string of the molecule is CC(C)(C)c1cccc(-c2cccc(-c3cccc(C(C)(C)C)c3)c2N2c3ccc(-c4cccc5sc6ccccc6c45)cc3B3c4cc(-c5cccc6sc7ccccc7c56)ccc4N(c4c(-c5cccc(C(C)(C)C)c5)cccc4-c4cccc(C(C)(C)C)c4)c4cc(-c5ccccc5)cc2c43)c1. The third kappa shape index (κ3) is 11.4. The van der Waals surface area contributed by atoms with Gasteiger partial charge in [-0.2, -0.15) is 0 Å². The molecule has 18 rings (SSSR count). The van der Waals surface area contributed by atoms with Crippen LogP contribution < -0.4 is 26.2 Å². The van der Waals surface area contributed by atoms with Gasteiger partial charge in [0.15, 0.2) is 0 Å². The molecule has 0 N–H and O–H groups in total. The summed E-state index contributed by atoms with van der Waals surface area (Å²) in [5.74, 6) is 0. The van der Waals surface area contributed by atoms with Crippen molar-refractivity contribution < 1.29 is 0 Å². The zero-order valence-electron chi connectivity index (χ0n) is 62.1. The van der Waals surface area contributed by atoms with E-state index in [-0.39, 0.29) is 28.4 Å². The lowest BCUT2D eigenvalue weighted by Gasteiger charge is -2.46. The Hall–Kier alpha value is -10.8. The van der Waals surface area contributed by atoms with Crippen LogP contribution in [0.15, 0.2) is 297 Å². The molecule has 0 amide bonds. The second-order valence-corrected chi connectivity index (χ2v) is 35.4. The number of thiophene rings is 2. The Kier molecular flexibility index (Phi) is 15.7. The Labute approximate surface area is 627 Å². The van der Waals surface area contributed by atoms with Crippen LogP contribution in [-0.4, -0.2) is 6.71 Å². The molecule has 0 aliphatic carbocycles.